The van der Waals surface area contributed by atoms with E-state index in [1.807, 2.05) is 43.3 Å². The molecule has 0 aliphatic carbocycles. The number of hydrogen-bond acceptors (Lipinski definition) is 6. The maximum Gasteiger partial charge on any atom is 0.274 e. The van der Waals surface area contributed by atoms with Gasteiger partial charge in [0.1, 0.15) is 17.3 Å². The summed E-state index contributed by atoms with van der Waals surface area (Å²) in [4.78, 5) is 23.1. The van der Waals surface area contributed by atoms with Crippen molar-refractivity contribution in [1.82, 2.24) is 9.97 Å². The van der Waals surface area contributed by atoms with Crippen LogP contribution < -0.4 is 15.5 Å². The van der Waals surface area contributed by atoms with Crippen LogP contribution in [0.4, 0.5) is 22.9 Å². The van der Waals surface area contributed by atoms with Crippen LogP contribution in [-0.2, 0) is 0 Å². The van der Waals surface area contributed by atoms with Crippen molar-refractivity contribution >= 4 is 28.8 Å². The van der Waals surface area contributed by atoms with Crippen molar-refractivity contribution in [2.75, 3.05) is 29.6 Å². The Bertz CT molecular complexity index is 1020. The number of hydrogen-bond donors (Lipinski definition) is 2. The van der Waals surface area contributed by atoms with Crippen molar-refractivity contribution in [2.45, 2.75) is 6.92 Å². The highest BCUT2D eigenvalue weighted by molar-refractivity contribution is 6.03. The fourth-order valence-corrected chi connectivity index (χ4v) is 2.56. The predicted molar refractivity (Wildman–Crippen MR) is 110 cm³/mol. The van der Waals surface area contributed by atoms with Crippen LogP contribution in [0.5, 0.6) is 0 Å². The van der Waals surface area contributed by atoms with Crippen molar-refractivity contribution in [2.24, 2.45) is 0 Å². The van der Waals surface area contributed by atoms with E-state index in [0.29, 0.717) is 22.9 Å². The number of carbonyl (C=O) groups is 1. The van der Waals surface area contributed by atoms with E-state index >= 15 is 0 Å². The number of nitrogens with one attached hydrogen (secondary N) is 2. The third kappa shape index (κ3) is 4.62. The number of rotatable bonds is 5. The minimum atomic E-state index is -0.314. The van der Waals surface area contributed by atoms with Gasteiger partial charge >= 0.3 is 0 Å². The molecule has 1 heterocycles. The van der Waals surface area contributed by atoms with Gasteiger partial charge in [-0.1, -0.05) is 0 Å². The van der Waals surface area contributed by atoms with Gasteiger partial charge in [0.05, 0.1) is 11.6 Å². The van der Waals surface area contributed by atoms with Gasteiger partial charge < -0.3 is 15.5 Å². The average molecular weight is 372 g/mol. The molecule has 0 radical (unpaired) electrons. The van der Waals surface area contributed by atoms with Crippen LogP contribution in [0.2, 0.25) is 0 Å². The Morgan fingerprint density at radius 2 is 1.64 bits per heavy atom. The van der Waals surface area contributed by atoms with Gasteiger partial charge in [-0.3, -0.25) is 4.79 Å². The molecule has 0 saturated carbocycles. The zero-order chi connectivity index (χ0) is 20.1. The molecule has 140 valence electrons. The van der Waals surface area contributed by atoms with Crippen molar-refractivity contribution in [3.05, 3.63) is 71.7 Å². The van der Waals surface area contributed by atoms with Gasteiger partial charge in [-0.25, -0.2) is 9.97 Å². The minimum Gasteiger partial charge on any atom is -0.378 e. The second-order valence-electron chi connectivity index (χ2n) is 6.40. The number of nitrogens with zero attached hydrogens (tertiary/aromatic N) is 4. The zero-order valence-corrected chi connectivity index (χ0v) is 15.9. The molecule has 2 N–H and O–H groups in total. The summed E-state index contributed by atoms with van der Waals surface area (Å²) in [5.41, 5.74) is 3.34. The van der Waals surface area contributed by atoms with Crippen LogP contribution in [0, 0.1) is 18.3 Å². The smallest absolute Gasteiger partial charge is 0.274 e. The fourth-order valence-electron chi connectivity index (χ4n) is 2.56. The van der Waals surface area contributed by atoms with E-state index in [4.69, 9.17) is 5.26 Å². The molecule has 3 aromatic rings. The summed E-state index contributed by atoms with van der Waals surface area (Å²) in [5, 5.41) is 14.9. The lowest BCUT2D eigenvalue weighted by Crippen LogP contribution is -2.15. The molecular weight excluding hydrogens is 352 g/mol. The third-order valence-electron chi connectivity index (χ3n) is 4.00. The van der Waals surface area contributed by atoms with Crippen molar-refractivity contribution in [3.63, 3.8) is 0 Å². The number of aryl methyl sites for hydroxylation is 1. The summed E-state index contributed by atoms with van der Waals surface area (Å²) in [5.74, 6) is 0.669. The summed E-state index contributed by atoms with van der Waals surface area (Å²) in [6.07, 6.45) is 0. The zero-order valence-electron chi connectivity index (χ0n) is 15.9. The van der Waals surface area contributed by atoms with Crippen molar-refractivity contribution in [3.8, 4) is 6.07 Å². The molecule has 0 fully saturated rings. The number of nitriles is 1. The Balaban J connectivity index is 1.76. The highest BCUT2D eigenvalue weighted by Crippen LogP contribution is 2.18. The SMILES string of the molecule is Cc1nc(Nc2ccc(C#N)cc2)cc(C(=O)Nc2ccc(N(C)C)cc2)n1. The van der Waals surface area contributed by atoms with E-state index < -0.39 is 0 Å². The van der Waals surface area contributed by atoms with E-state index in [0.717, 1.165) is 11.4 Å². The lowest BCUT2D eigenvalue weighted by atomic mass is 10.2. The topological polar surface area (TPSA) is 93.9 Å². The number of amides is 1. The molecule has 1 amide bonds. The summed E-state index contributed by atoms with van der Waals surface area (Å²) in [6.45, 7) is 1.73. The lowest BCUT2D eigenvalue weighted by molar-refractivity contribution is 0.102. The molecule has 0 spiro atoms. The highest BCUT2D eigenvalue weighted by Gasteiger charge is 2.11. The predicted octanol–water partition coefficient (Wildman–Crippen LogP) is 3.72. The summed E-state index contributed by atoms with van der Waals surface area (Å²) < 4.78 is 0. The molecular formula is C21H20N6O. The van der Waals surface area contributed by atoms with Gasteiger partial charge in [0.2, 0.25) is 0 Å². The van der Waals surface area contributed by atoms with Crippen LogP contribution in [0.15, 0.2) is 54.6 Å². The average Bonchev–Trinajstić information content (AvgIpc) is 2.68. The van der Waals surface area contributed by atoms with E-state index in [1.54, 1.807) is 37.3 Å². The Morgan fingerprint density at radius 1 is 1.00 bits per heavy atom. The quantitative estimate of drug-likeness (QED) is 0.709. The van der Waals surface area contributed by atoms with Gasteiger partial charge in [0.25, 0.3) is 5.91 Å². The van der Waals surface area contributed by atoms with E-state index in [2.05, 4.69) is 26.7 Å². The second-order valence-corrected chi connectivity index (χ2v) is 6.40. The third-order valence-corrected chi connectivity index (χ3v) is 4.00. The number of benzene rings is 2. The molecule has 0 aliphatic heterocycles. The first-order valence-electron chi connectivity index (χ1n) is 8.66. The molecule has 2 aromatic carbocycles. The summed E-state index contributed by atoms with van der Waals surface area (Å²) in [6, 6.07) is 18.2. The number of aromatic nitrogens is 2. The molecule has 3 rings (SSSR count). The van der Waals surface area contributed by atoms with Crippen LogP contribution >= 0.6 is 0 Å². The molecule has 0 atom stereocenters. The molecule has 0 bridgehead atoms. The Kier molecular flexibility index (Phi) is 5.51. The first-order chi connectivity index (χ1) is 13.4. The minimum absolute atomic E-state index is 0.264. The Labute approximate surface area is 163 Å². The van der Waals surface area contributed by atoms with Gasteiger partial charge in [-0.05, 0) is 55.5 Å². The maximum atomic E-state index is 12.6. The first-order valence-corrected chi connectivity index (χ1v) is 8.66. The summed E-state index contributed by atoms with van der Waals surface area (Å²) >= 11 is 0. The van der Waals surface area contributed by atoms with Gasteiger partial charge in [-0.2, -0.15) is 5.26 Å². The summed E-state index contributed by atoms with van der Waals surface area (Å²) in [7, 11) is 3.92. The second kappa shape index (κ2) is 8.18. The molecule has 0 unspecified atom stereocenters. The van der Waals surface area contributed by atoms with Crippen LogP contribution in [0.3, 0.4) is 0 Å². The normalized spacial score (nSPS) is 10.1. The van der Waals surface area contributed by atoms with Crippen LogP contribution in [-0.4, -0.2) is 30.0 Å². The molecule has 0 saturated heterocycles. The van der Waals surface area contributed by atoms with Crippen LogP contribution in [0.25, 0.3) is 0 Å². The van der Waals surface area contributed by atoms with Gasteiger partial charge in [-0.15, -0.1) is 0 Å². The van der Waals surface area contributed by atoms with E-state index in [-0.39, 0.29) is 11.6 Å². The molecule has 7 heteroatoms. The Hall–Kier alpha value is -3.92. The molecule has 28 heavy (non-hydrogen) atoms. The van der Waals surface area contributed by atoms with Crippen LogP contribution in [0.1, 0.15) is 21.9 Å². The highest BCUT2D eigenvalue weighted by atomic mass is 16.1. The van der Waals surface area contributed by atoms with Crippen molar-refractivity contribution in [1.29, 1.82) is 5.26 Å². The first kappa shape index (κ1) is 18.9. The molecule has 7 nitrogen and oxygen atoms in total. The fraction of sp³-hybridized carbons (Fsp3) is 0.143. The van der Waals surface area contributed by atoms with E-state index in [9.17, 15) is 4.79 Å². The van der Waals surface area contributed by atoms with Gasteiger partial charge in [0.15, 0.2) is 0 Å². The maximum absolute atomic E-state index is 12.6. The molecule has 0 aliphatic rings. The number of anilines is 4. The van der Waals surface area contributed by atoms with E-state index in [1.165, 1.54) is 0 Å². The monoisotopic (exact) mass is 372 g/mol. The Morgan fingerprint density at radius 3 is 2.25 bits per heavy atom. The molecule has 1 aromatic heterocycles. The number of carbonyl (C=O) groups excluding carboxylic acids is 1. The largest absolute Gasteiger partial charge is 0.378 e. The van der Waals surface area contributed by atoms with Crippen molar-refractivity contribution < 1.29 is 4.79 Å². The lowest BCUT2D eigenvalue weighted by Gasteiger charge is -2.13. The standard InChI is InChI=1S/C21H20N6O/c1-14-23-19(21(28)26-17-8-10-18(11-9-17)27(2)3)12-20(24-14)25-16-6-4-15(13-22)5-7-16/h4-12H,1-3H3,(H,26,28)(H,23,24,25). The van der Waals surface area contributed by atoms with Gasteiger partial charge in [0, 0.05) is 37.2 Å².